The van der Waals surface area contributed by atoms with E-state index in [4.69, 9.17) is 9.52 Å². The fraction of sp³-hybridized carbons (Fsp3) is 0.762. The van der Waals surface area contributed by atoms with Crippen molar-refractivity contribution in [3.05, 3.63) is 22.6 Å². The highest BCUT2D eigenvalue weighted by Gasteiger charge is 2.12. The molecule has 24 heavy (non-hydrogen) atoms. The molecule has 0 amide bonds. The Morgan fingerprint density at radius 2 is 1.25 bits per heavy atom. The Balaban J connectivity index is 2.16. The highest BCUT2D eigenvalue weighted by atomic mass is 16.4. The zero-order valence-corrected chi connectivity index (χ0v) is 16.0. The normalized spacial score (nSPS) is 11.1. The minimum Gasteiger partial charge on any atom is -0.481 e. The van der Waals surface area contributed by atoms with Gasteiger partial charge in [0.05, 0.1) is 0 Å². The SMILES string of the molecule is CCCCCc1oc(CCCCCCCCCC(=O)O)c(C)c1C. The Hall–Kier alpha value is -1.25. The van der Waals surface area contributed by atoms with Crippen LogP contribution in [0, 0.1) is 13.8 Å². The summed E-state index contributed by atoms with van der Waals surface area (Å²) in [4.78, 5) is 10.4. The molecule has 0 aliphatic heterocycles. The lowest BCUT2D eigenvalue weighted by molar-refractivity contribution is -0.137. The second-order valence-electron chi connectivity index (χ2n) is 7.02. The standard InChI is InChI=1S/C21H36O3/c1-4-5-11-14-19-17(2)18(3)20(24-19)15-12-9-7-6-8-10-13-16-21(22)23/h4-16H2,1-3H3,(H,22,23). The zero-order chi connectivity index (χ0) is 17.8. The highest BCUT2D eigenvalue weighted by Crippen LogP contribution is 2.25. The quantitative estimate of drug-likeness (QED) is 0.401. The number of carbonyl (C=O) groups is 1. The molecule has 0 fully saturated rings. The first-order valence-corrected chi connectivity index (χ1v) is 9.85. The van der Waals surface area contributed by atoms with E-state index >= 15 is 0 Å². The monoisotopic (exact) mass is 336 g/mol. The molecule has 0 saturated carbocycles. The Kier molecular flexibility index (Phi) is 10.5. The lowest BCUT2D eigenvalue weighted by Crippen LogP contribution is -1.93. The van der Waals surface area contributed by atoms with Crippen molar-refractivity contribution in [1.82, 2.24) is 0 Å². The van der Waals surface area contributed by atoms with Gasteiger partial charge in [0, 0.05) is 19.3 Å². The summed E-state index contributed by atoms with van der Waals surface area (Å²) in [5.41, 5.74) is 2.72. The molecule has 1 N–H and O–H groups in total. The average Bonchev–Trinajstić information content (AvgIpc) is 2.81. The van der Waals surface area contributed by atoms with Crippen molar-refractivity contribution < 1.29 is 14.3 Å². The number of carboxylic acids is 1. The van der Waals surface area contributed by atoms with Crippen molar-refractivity contribution in [3.63, 3.8) is 0 Å². The van der Waals surface area contributed by atoms with Crippen LogP contribution in [0.25, 0.3) is 0 Å². The second kappa shape index (κ2) is 12.2. The van der Waals surface area contributed by atoms with Crippen LogP contribution < -0.4 is 0 Å². The van der Waals surface area contributed by atoms with Crippen LogP contribution in [-0.2, 0) is 17.6 Å². The summed E-state index contributed by atoms with van der Waals surface area (Å²) in [6.45, 7) is 6.62. The Morgan fingerprint density at radius 3 is 1.75 bits per heavy atom. The van der Waals surface area contributed by atoms with Gasteiger partial charge in [-0.15, -0.1) is 0 Å². The fourth-order valence-corrected chi connectivity index (χ4v) is 3.18. The molecule has 0 aliphatic carbocycles. The van der Waals surface area contributed by atoms with Crippen LogP contribution in [0.5, 0.6) is 0 Å². The predicted octanol–water partition coefficient (Wildman–Crippen LogP) is 6.38. The maximum atomic E-state index is 10.4. The van der Waals surface area contributed by atoms with Gasteiger partial charge in [-0.1, -0.05) is 51.9 Å². The van der Waals surface area contributed by atoms with Crippen LogP contribution in [0.3, 0.4) is 0 Å². The number of hydrogen-bond donors (Lipinski definition) is 1. The molecule has 3 heteroatoms. The Morgan fingerprint density at radius 1 is 0.792 bits per heavy atom. The van der Waals surface area contributed by atoms with Gasteiger partial charge < -0.3 is 9.52 Å². The first kappa shape index (κ1) is 20.8. The van der Waals surface area contributed by atoms with E-state index < -0.39 is 5.97 Å². The third-order valence-corrected chi connectivity index (χ3v) is 4.95. The van der Waals surface area contributed by atoms with Gasteiger partial charge in [-0.3, -0.25) is 4.79 Å². The minimum absolute atomic E-state index is 0.317. The van der Waals surface area contributed by atoms with Gasteiger partial charge in [-0.25, -0.2) is 0 Å². The maximum Gasteiger partial charge on any atom is 0.303 e. The number of hydrogen-bond acceptors (Lipinski definition) is 2. The first-order chi connectivity index (χ1) is 11.6. The summed E-state index contributed by atoms with van der Waals surface area (Å²) in [5.74, 6) is 1.73. The average molecular weight is 337 g/mol. The minimum atomic E-state index is -0.673. The zero-order valence-electron chi connectivity index (χ0n) is 16.0. The van der Waals surface area contributed by atoms with Gasteiger partial charge in [-0.05, 0) is 44.2 Å². The molecule has 0 atom stereocenters. The number of furan rings is 1. The molecule has 1 aromatic rings. The molecule has 1 heterocycles. The third-order valence-electron chi connectivity index (χ3n) is 4.95. The molecule has 0 spiro atoms. The van der Waals surface area contributed by atoms with Crippen LogP contribution in [0.4, 0.5) is 0 Å². The van der Waals surface area contributed by atoms with Gasteiger partial charge in [0.15, 0.2) is 0 Å². The van der Waals surface area contributed by atoms with Crippen LogP contribution >= 0.6 is 0 Å². The number of aryl methyl sites for hydroxylation is 2. The molecule has 1 rings (SSSR count). The van der Waals surface area contributed by atoms with Gasteiger partial charge in [0.2, 0.25) is 0 Å². The number of aliphatic carboxylic acids is 1. The van der Waals surface area contributed by atoms with E-state index in [0.717, 1.165) is 32.1 Å². The van der Waals surface area contributed by atoms with E-state index in [1.54, 1.807) is 0 Å². The van der Waals surface area contributed by atoms with E-state index in [1.807, 2.05) is 0 Å². The molecular formula is C21H36O3. The summed E-state index contributed by atoms with van der Waals surface area (Å²) in [5, 5.41) is 8.59. The molecule has 138 valence electrons. The van der Waals surface area contributed by atoms with Crippen molar-refractivity contribution in [3.8, 4) is 0 Å². The van der Waals surface area contributed by atoms with E-state index in [2.05, 4.69) is 20.8 Å². The van der Waals surface area contributed by atoms with Crippen LogP contribution in [-0.4, -0.2) is 11.1 Å². The number of unbranched alkanes of at least 4 members (excludes halogenated alkanes) is 8. The largest absolute Gasteiger partial charge is 0.481 e. The lowest BCUT2D eigenvalue weighted by atomic mass is 10.0. The van der Waals surface area contributed by atoms with Crippen LogP contribution in [0.1, 0.15) is 100 Å². The summed E-state index contributed by atoms with van der Waals surface area (Å²) >= 11 is 0. The first-order valence-electron chi connectivity index (χ1n) is 9.85. The molecule has 0 aliphatic rings. The number of carboxylic acid groups (broad SMARTS) is 1. The Labute approximate surface area is 147 Å². The van der Waals surface area contributed by atoms with E-state index in [9.17, 15) is 4.79 Å². The molecular weight excluding hydrogens is 300 g/mol. The van der Waals surface area contributed by atoms with Crippen molar-refractivity contribution in [2.45, 2.75) is 104 Å². The maximum absolute atomic E-state index is 10.4. The topological polar surface area (TPSA) is 50.4 Å². The van der Waals surface area contributed by atoms with Gasteiger partial charge >= 0.3 is 5.97 Å². The summed E-state index contributed by atoms with van der Waals surface area (Å²) in [7, 11) is 0. The molecule has 0 bridgehead atoms. The van der Waals surface area contributed by atoms with Gasteiger partial charge in [0.25, 0.3) is 0 Å². The smallest absolute Gasteiger partial charge is 0.303 e. The second-order valence-corrected chi connectivity index (χ2v) is 7.02. The van der Waals surface area contributed by atoms with E-state index in [-0.39, 0.29) is 0 Å². The van der Waals surface area contributed by atoms with Crippen molar-refractivity contribution in [1.29, 1.82) is 0 Å². The van der Waals surface area contributed by atoms with Crippen molar-refractivity contribution in [2.24, 2.45) is 0 Å². The van der Waals surface area contributed by atoms with Crippen molar-refractivity contribution >= 4 is 5.97 Å². The predicted molar refractivity (Wildman–Crippen MR) is 99.7 cm³/mol. The molecule has 1 aromatic heterocycles. The highest BCUT2D eigenvalue weighted by molar-refractivity contribution is 5.66. The molecule has 3 nitrogen and oxygen atoms in total. The van der Waals surface area contributed by atoms with Crippen LogP contribution in [0.2, 0.25) is 0 Å². The number of rotatable bonds is 14. The molecule has 0 unspecified atom stereocenters. The lowest BCUT2D eigenvalue weighted by Gasteiger charge is -2.02. The summed E-state index contributed by atoms with van der Waals surface area (Å²) < 4.78 is 6.12. The van der Waals surface area contributed by atoms with Crippen LogP contribution in [0.15, 0.2) is 4.42 Å². The third kappa shape index (κ3) is 8.03. The summed E-state index contributed by atoms with van der Waals surface area (Å²) in [6.07, 6.45) is 14.1. The molecule has 0 saturated heterocycles. The summed E-state index contributed by atoms with van der Waals surface area (Å²) in [6, 6.07) is 0. The molecule has 0 radical (unpaired) electrons. The van der Waals surface area contributed by atoms with E-state index in [0.29, 0.717) is 6.42 Å². The van der Waals surface area contributed by atoms with Crippen molar-refractivity contribution in [2.75, 3.05) is 0 Å². The van der Waals surface area contributed by atoms with Gasteiger partial charge in [0.1, 0.15) is 11.5 Å². The van der Waals surface area contributed by atoms with Gasteiger partial charge in [-0.2, -0.15) is 0 Å². The van der Waals surface area contributed by atoms with E-state index in [1.165, 1.54) is 67.6 Å². The molecule has 0 aromatic carbocycles. The Bertz CT molecular complexity index is 474. The fourth-order valence-electron chi connectivity index (χ4n) is 3.18.